The highest BCUT2D eigenvalue weighted by Crippen LogP contribution is 2.36. The average Bonchev–Trinajstić information content (AvgIpc) is 3.62. The monoisotopic (exact) mass is 482 g/mol. The van der Waals surface area contributed by atoms with Crippen molar-refractivity contribution in [1.29, 1.82) is 0 Å². The fourth-order valence-corrected chi connectivity index (χ4v) is 4.32. The molecule has 6 heterocycles. The van der Waals surface area contributed by atoms with Crippen LogP contribution >= 0.6 is 0 Å². The van der Waals surface area contributed by atoms with E-state index in [1.54, 1.807) is 24.0 Å². The zero-order chi connectivity index (χ0) is 24.3. The first-order valence-electron chi connectivity index (χ1n) is 10.6. The summed E-state index contributed by atoms with van der Waals surface area (Å²) in [4.78, 5) is 30.3. The molecule has 0 bridgehead atoms. The van der Waals surface area contributed by atoms with Gasteiger partial charge < -0.3 is 18.9 Å². The SMILES string of the molecule is Cn1cnc(-c2nc(C(F)F)c(C(=O)N3CCc4[nH]cnc4[C@@H]3c3cc4c(F)cccn4n3)o2)c1. The molecule has 0 fully saturated rings. The number of aromatic amines is 1. The summed E-state index contributed by atoms with van der Waals surface area (Å²) in [6, 6.07) is 3.46. The van der Waals surface area contributed by atoms with Crippen LogP contribution in [0.2, 0.25) is 0 Å². The number of aryl methyl sites for hydroxylation is 1. The number of fused-ring (bicyclic) bond motifs is 2. The number of aromatic nitrogens is 7. The molecule has 5 aromatic rings. The molecule has 0 spiro atoms. The van der Waals surface area contributed by atoms with Gasteiger partial charge >= 0.3 is 0 Å². The topological polar surface area (TPSA) is 110 Å². The van der Waals surface area contributed by atoms with Crippen molar-refractivity contribution < 1.29 is 22.4 Å². The van der Waals surface area contributed by atoms with Crippen LogP contribution in [0.5, 0.6) is 0 Å². The summed E-state index contributed by atoms with van der Waals surface area (Å²) in [6.07, 6.45) is 3.42. The van der Waals surface area contributed by atoms with Crippen molar-refractivity contribution in [2.45, 2.75) is 18.9 Å². The van der Waals surface area contributed by atoms with Gasteiger partial charge in [0.25, 0.3) is 12.3 Å². The molecule has 1 aliphatic heterocycles. The third kappa shape index (κ3) is 3.38. The van der Waals surface area contributed by atoms with Gasteiger partial charge in [-0.05, 0) is 18.2 Å². The first-order chi connectivity index (χ1) is 16.9. The van der Waals surface area contributed by atoms with Gasteiger partial charge in [0.1, 0.15) is 23.1 Å². The van der Waals surface area contributed by atoms with E-state index >= 15 is 0 Å². The van der Waals surface area contributed by atoms with Gasteiger partial charge in [0.05, 0.1) is 24.0 Å². The van der Waals surface area contributed by atoms with Crippen LogP contribution in [0.3, 0.4) is 0 Å². The number of carbonyl (C=O) groups excluding carboxylic acids is 1. The van der Waals surface area contributed by atoms with E-state index in [1.165, 1.54) is 40.3 Å². The molecule has 0 aliphatic carbocycles. The van der Waals surface area contributed by atoms with E-state index in [0.717, 1.165) is 5.69 Å². The first-order valence-corrected chi connectivity index (χ1v) is 10.6. The van der Waals surface area contributed by atoms with Gasteiger partial charge in [-0.25, -0.2) is 32.6 Å². The van der Waals surface area contributed by atoms with Crippen LogP contribution in [-0.4, -0.2) is 51.5 Å². The highest BCUT2D eigenvalue weighted by molar-refractivity contribution is 5.93. The fraction of sp³-hybridized carbons (Fsp3) is 0.227. The van der Waals surface area contributed by atoms with E-state index in [0.29, 0.717) is 17.8 Å². The van der Waals surface area contributed by atoms with Crippen molar-refractivity contribution in [2.24, 2.45) is 7.05 Å². The van der Waals surface area contributed by atoms with Crippen molar-refractivity contribution in [2.75, 3.05) is 6.54 Å². The van der Waals surface area contributed by atoms with E-state index in [9.17, 15) is 18.0 Å². The Hall–Kier alpha value is -4.42. The number of hydrogen-bond donors (Lipinski definition) is 1. The third-order valence-electron chi connectivity index (χ3n) is 5.91. The molecular weight excluding hydrogens is 465 g/mol. The number of imidazole rings is 2. The van der Waals surface area contributed by atoms with Gasteiger partial charge in [-0.2, -0.15) is 5.10 Å². The molecule has 5 aromatic heterocycles. The summed E-state index contributed by atoms with van der Waals surface area (Å²) in [6.45, 7) is 0.164. The van der Waals surface area contributed by atoms with Crippen LogP contribution in [0.15, 0.2) is 47.7 Å². The van der Waals surface area contributed by atoms with Crippen LogP contribution in [0.25, 0.3) is 17.1 Å². The molecule has 1 aliphatic rings. The molecule has 0 radical (unpaired) electrons. The molecule has 10 nitrogen and oxygen atoms in total. The van der Waals surface area contributed by atoms with Crippen LogP contribution < -0.4 is 0 Å². The highest BCUT2D eigenvalue weighted by atomic mass is 19.3. The Morgan fingerprint density at radius 1 is 1.31 bits per heavy atom. The minimum Gasteiger partial charge on any atom is -0.429 e. The Kier molecular flexibility index (Phi) is 4.72. The number of hydrogen-bond acceptors (Lipinski definition) is 6. The van der Waals surface area contributed by atoms with Gasteiger partial charge in [-0.3, -0.25) is 4.79 Å². The van der Waals surface area contributed by atoms with Gasteiger partial charge in [0.2, 0.25) is 11.7 Å². The lowest BCUT2D eigenvalue weighted by atomic mass is 9.99. The van der Waals surface area contributed by atoms with E-state index in [1.807, 2.05) is 0 Å². The second kappa shape index (κ2) is 7.82. The summed E-state index contributed by atoms with van der Waals surface area (Å²) >= 11 is 0. The lowest BCUT2D eigenvalue weighted by molar-refractivity contribution is 0.0640. The Morgan fingerprint density at radius 3 is 2.91 bits per heavy atom. The fourth-order valence-electron chi connectivity index (χ4n) is 4.32. The second-order valence-corrected chi connectivity index (χ2v) is 8.13. The van der Waals surface area contributed by atoms with Gasteiger partial charge in [-0.15, -0.1) is 0 Å². The van der Waals surface area contributed by atoms with Crippen LogP contribution in [0.1, 0.15) is 45.8 Å². The predicted molar refractivity (Wildman–Crippen MR) is 114 cm³/mol. The highest BCUT2D eigenvalue weighted by Gasteiger charge is 2.40. The van der Waals surface area contributed by atoms with Crippen molar-refractivity contribution >= 4 is 11.4 Å². The molecule has 0 unspecified atom stereocenters. The Labute approximate surface area is 195 Å². The predicted octanol–water partition coefficient (Wildman–Crippen LogP) is 3.31. The maximum atomic E-state index is 14.4. The van der Waals surface area contributed by atoms with E-state index in [2.05, 4.69) is 25.0 Å². The maximum Gasteiger partial charge on any atom is 0.292 e. The first kappa shape index (κ1) is 21.1. The Balaban J connectivity index is 1.46. The number of amides is 1. The number of nitrogens with one attached hydrogen (secondary N) is 1. The molecule has 6 rings (SSSR count). The zero-order valence-corrected chi connectivity index (χ0v) is 18.2. The molecule has 0 saturated carbocycles. The maximum absolute atomic E-state index is 14.4. The molecular formula is C22H17F3N8O2. The minimum atomic E-state index is -3.05. The number of H-pyrrole nitrogens is 1. The largest absolute Gasteiger partial charge is 0.429 e. The lowest BCUT2D eigenvalue weighted by Gasteiger charge is -2.33. The quantitative estimate of drug-likeness (QED) is 0.421. The summed E-state index contributed by atoms with van der Waals surface area (Å²) in [7, 11) is 1.71. The molecule has 0 aromatic carbocycles. The summed E-state index contributed by atoms with van der Waals surface area (Å²) in [5, 5.41) is 4.44. The van der Waals surface area contributed by atoms with Crippen molar-refractivity contribution in [3.63, 3.8) is 0 Å². The number of carbonyl (C=O) groups is 1. The number of pyridine rings is 1. The van der Waals surface area contributed by atoms with E-state index in [-0.39, 0.29) is 23.6 Å². The molecule has 1 N–H and O–H groups in total. The van der Waals surface area contributed by atoms with Crippen molar-refractivity contribution in [3.8, 4) is 11.6 Å². The molecule has 13 heteroatoms. The Morgan fingerprint density at radius 2 is 2.17 bits per heavy atom. The molecule has 1 amide bonds. The Bertz CT molecular complexity index is 1570. The molecule has 1 atom stereocenters. The standard InChI is InChI=1S/C22H17F3N8O2/c1-31-8-14(28-10-31)21-29-17(20(24)25)19(35-21)22(34)32-6-4-12-16(27-9-26-12)18(32)13-7-15-11(23)3-2-5-33(15)30-13/h2-3,5,7-10,18,20H,4,6H2,1H3,(H,26,27)/t18-/m0/s1. The van der Waals surface area contributed by atoms with Gasteiger partial charge in [0, 0.05) is 38.1 Å². The number of rotatable bonds is 4. The molecule has 178 valence electrons. The van der Waals surface area contributed by atoms with Crippen LogP contribution in [-0.2, 0) is 13.5 Å². The number of alkyl halides is 2. The average molecular weight is 482 g/mol. The lowest BCUT2D eigenvalue weighted by Crippen LogP contribution is -2.41. The minimum absolute atomic E-state index is 0.164. The summed E-state index contributed by atoms with van der Waals surface area (Å²) in [5.74, 6) is -2.06. The van der Waals surface area contributed by atoms with Gasteiger partial charge in [0.15, 0.2) is 5.69 Å². The normalized spacial score (nSPS) is 15.8. The smallest absolute Gasteiger partial charge is 0.292 e. The number of halogens is 3. The van der Waals surface area contributed by atoms with Crippen LogP contribution in [0.4, 0.5) is 13.2 Å². The molecule has 0 saturated heterocycles. The van der Waals surface area contributed by atoms with Crippen LogP contribution in [0, 0.1) is 5.82 Å². The summed E-state index contributed by atoms with van der Waals surface area (Å²) < 4.78 is 50.6. The summed E-state index contributed by atoms with van der Waals surface area (Å²) in [5.41, 5.74) is 1.26. The number of nitrogens with zero attached hydrogens (tertiary/aromatic N) is 7. The number of oxazole rings is 1. The van der Waals surface area contributed by atoms with Crippen molar-refractivity contribution in [1.82, 2.24) is 39.0 Å². The van der Waals surface area contributed by atoms with Crippen molar-refractivity contribution in [3.05, 3.63) is 77.6 Å². The third-order valence-corrected chi connectivity index (χ3v) is 5.91. The second-order valence-electron chi connectivity index (χ2n) is 8.13. The molecule has 35 heavy (non-hydrogen) atoms. The van der Waals surface area contributed by atoms with E-state index in [4.69, 9.17) is 4.42 Å². The van der Waals surface area contributed by atoms with E-state index < -0.39 is 35.6 Å². The van der Waals surface area contributed by atoms with Gasteiger partial charge in [-0.1, -0.05) is 0 Å². The zero-order valence-electron chi connectivity index (χ0n) is 18.2.